The number of nitrogens with zero attached hydrogens (tertiary/aromatic N) is 4. The van der Waals surface area contributed by atoms with Crippen LogP contribution >= 0.6 is 31.3 Å². The van der Waals surface area contributed by atoms with Gasteiger partial charge in [0, 0.05) is 72.7 Å². The van der Waals surface area contributed by atoms with Crippen molar-refractivity contribution in [3.63, 3.8) is 0 Å². The van der Waals surface area contributed by atoms with Crippen molar-refractivity contribution >= 4 is 31.3 Å². The number of aliphatic hydroxyl groups excluding tert-OH is 1. The number of rotatable bonds is 22. The van der Waals surface area contributed by atoms with E-state index in [1.165, 1.54) is 33.9 Å². The van der Waals surface area contributed by atoms with Gasteiger partial charge in [-0.3, -0.25) is 89.0 Å². The number of aromatic amines is 4. The fraction of sp³-hybridized carbons (Fsp3) is 0.600. The highest BCUT2D eigenvalue weighted by Crippen LogP contribution is 2.54. The molecule has 15 atom stereocenters. The summed E-state index contributed by atoms with van der Waals surface area (Å²) in [5.41, 5.74) is -6.78. The molecule has 3 unspecified atom stereocenters. The van der Waals surface area contributed by atoms with Gasteiger partial charge < -0.3 is 48.5 Å². The Morgan fingerprint density at radius 1 is 0.432 bits per heavy atom. The Labute approximate surface area is 450 Å². The van der Waals surface area contributed by atoms with Gasteiger partial charge in [-0.15, -0.1) is 0 Å². The van der Waals surface area contributed by atoms with E-state index in [2.05, 4.69) is 9.97 Å². The average Bonchev–Trinajstić information content (AvgIpc) is 4.33. The van der Waals surface area contributed by atoms with Crippen LogP contribution in [0.2, 0.25) is 0 Å². The van der Waals surface area contributed by atoms with Crippen LogP contribution in [0.4, 0.5) is 0 Å². The third-order valence-electron chi connectivity index (χ3n) is 13.0. The first-order valence-electron chi connectivity index (χ1n) is 24.0. The van der Waals surface area contributed by atoms with E-state index in [9.17, 15) is 86.2 Å². The van der Waals surface area contributed by atoms with Gasteiger partial charge in [-0.25, -0.2) is 37.4 Å². The van der Waals surface area contributed by atoms with Gasteiger partial charge in [-0.1, -0.05) is 0 Å². The Morgan fingerprint density at radius 3 is 0.914 bits per heavy atom. The van der Waals surface area contributed by atoms with Gasteiger partial charge in [0.1, 0.15) is 73.7 Å². The molecular weight excluding hydrogens is 1180 g/mol. The number of nitrogens with one attached hydrogen (secondary N) is 4. The summed E-state index contributed by atoms with van der Waals surface area (Å²) in [5, 5.41) is 10.0. The van der Waals surface area contributed by atoms with Crippen LogP contribution in [0.25, 0.3) is 0 Å². The van der Waals surface area contributed by atoms with Crippen molar-refractivity contribution in [1.29, 1.82) is 0 Å². The van der Waals surface area contributed by atoms with E-state index >= 15 is 0 Å². The molecule has 4 aliphatic heterocycles. The summed E-state index contributed by atoms with van der Waals surface area (Å²) in [5.74, 6) is 0. The zero-order valence-electron chi connectivity index (χ0n) is 42.5. The van der Waals surface area contributed by atoms with Gasteiger partial charge in [0.05, 0.1) is 26.4 Å². The lowest BCUT2D eigenvalue weighted by Crippen LogP contribution is -2.33. The standard InChI is InChI=1S/C40H54N8O29P4/c1-17-9-45(37(54)41-33(17)50)29-5-21(25(13-49)70-29)75-79(61,62)68-15-27-23(7-31(72-27)47-11-19(3)35(52)43-39(47)56)77-81(65,66)69-16-28-24(8-32(73-28)48-12-20(4)36(53)44-40(48)57)76-80(63,64)67-14-26-22(74-78(58,59)60)6-30(71-26)46-10-18(2)34(51)42-38(46)55/h9-12,21-32,49H,5-8,13-16H2,1-4H3,(H,61,62)(H,63,64)(H,65,66)(H,41,50,54)(H,42,51,55)(H,43,52,56)(H,44,53,57)(H2,58,59,60)/t21-,22-,23-,24-,25+,26+,27+,28+,29+,30+,31+,32+/m0/s1. The Balaban J connectivity index is 0.980. The molecule has 8 rings (SSSR count). The van der Waals surface area contributed by atoms with E-state index in [-0.39, 0.29) is 28.7 Å². The zero-order chi connectivity index (χ0) is 59.3. The molecule has 10 N–H and O–H groups in total. The van der Waals surface area contributed by atoms with Crippen LogP contribution in [0, 0.1) is 27.7 Å². The molecule has 8 heterocycles. The van der Waals surface area contributed by atoms with Crippen molar-refractivity contribution < 1.29 is 98.4 Å². The first-order chi connectivity index (χ1) is 37.8. The van der Waals surface area contributed by atoms with E-state index in [0.29, 0.717) is 0 Å². The summed E-state index contributed by atoms with van der Waals surface area (Å²) in [6.45, 7) is 1.48. The van der Waals surface area contributed by atoms with E-state index in [0.717, 1.165) is 36.9 Å². The maximum atomic E-state index is 13.9. The molecule has 4 saturated heterocycles. The van der Waals surface area contributed by atoms with Crippen molar-refractivity contribution in [3.05, 3.63) is 130 Å². The molecular formula is C40H54N8O29P4. The van der Waals surface area contributed by atoms with Gasteiger partial charge in [-0.05, 0) is 27.7 Å². The number of phosphoric acid groups is 4. The zero-order valence-corrected chi connectivity index (χ0v) is 46.1. The fourth-order valence-corrected chi connectivity index (χ4v) is 12.5. The molecule has 37 nitrogen and oxygen atoms in total. The van der Waals surface area contributed by atoms with Crippen LogP contribution in [0.15, 0.2) is 63.1 Å². The summed E-state index contributed by atoms with van der Waals surface area (Å²) in [7, 11) is -21.5. The maximum Gasteiger partial charge on any atom is 0.472 e. The molecule has 81 heavy (non-hydrogen) atoms. The normalized spacial score (nSPS) is 29.2. The van der Waals surface area contributed by atoms with E-state index < -0.39 is 196 Å². The van der Waals surface area contributed by atoms with Crippen molar-refractivity contribution in [1.82, 2.24) is 38.2 Å². The summed E-state index contributed by atoms with van der Waals surface area (Å²) in [6, 6.07) is 0. The molecule has 4 aliphatic rings. The molecule has 0 spiro atoms. The molecule has 0 amide bonds. The number of phosphoric ester groups is 4. The van der Waals surface area contributed by atoms with Crippen molar-refractivity contribution in [2.75, 3.05) is 26.4 Å². The Kier molecular flexibility index (Phi) is 18.6. The van der Waals surface area contributed by atoms with Gasteiger partial charge in [0.25, 0.3) is 22.2 Å². The highest BCUT2D eigenvalue weighted by atomic mass is 31.2. The molecule has 41 heteroatoms. The quantitative estimate of drug-likeness (QED) is 0.0365. The monoisotopic (exact) mass is 1230 g/mol. The summed E-state index contributed by atoms with van der Waals surface area (Å²) in [4.78, 5) is 160. The third-order valence-corrected chi connectivity index (χ3v) is 16.6. The third kappa shape index (κ3) is 15.0. The predicted molar refractivity (Wildman–Crippen MR) is 264 cm³/mol. The van der Waals surface area contributed by atoms with Gasteiger partial charge in [0.15, 0.2) is 0 Å². The van der Waals surface area contributed by atoms with E-state index in [1.807, 2.05) is 9.97 Å². The van der Waals surface area contributed by atoms with Crippen LogP contribution in [0.5, 0.6) is 0 Å². The molecule has 448 valence electrons. The molecule has 0 aromatic carbocycles. The minimum absolute atomic E-state index is 0.00711. The van der Waals surface area contributed by atoms with Crippen LogP contribution in [-0.2, 0) is 68.9 Å². The first kappa shape index (κ1) is 62.0. The SMILES string of the molecule is Cc1cn([C@H]2C[C@H](OP(=O)(O)O)[C@@H](COP(=O)(O)O[C@H]3C[C@H](n4cc(C)c(=O)[nH]c4=O)O[C@@H]3COP(=O)(O)O[C@H]3C[C@H](n4cc(C)c(=O)[nH]c4=O)O[C@@H]3COP(=O)(O)O[C@H]3C[C@H](n4cc(C)c(=O)[nH]c4=O)O[C@@H]3CO)O2)c(=O)[nH]c1=O. The molecule has 0 radical (unpaired) electrons. The van der Waals surface area contributed by atoms with Crippen LogP contribution in [-0.4, -0.2) is 143 Å². The molecule has 4 fully saturated rings. The fourth-order valence-electron chi connectivity index (χ4n) is 9.03. The molecule has 4 aromatic heterocycles. The van der Waals surface area contributed by atoms with Crippen molar-refractivity contribution in [3.8, 4) is 0 Å². The maximum absolute atomic E-state index is 13.9. The second-order valence-corrected chi connectivity index (χ2v) is 24.3. The minimum atomic E-state index is -5.50. The summed E-state index contributed by atoms with van der Waals surface area (Å²) >= 11 is 0. The predicted octanol–water partition coefficient (Wildman–Crippen LogP) is -2.45. The minimum Gasteiger partial charge on any atom is -0.394 e. The van der Waals surface area contributed by atoms with Gasteiger partial charge >= 0.3 is 54.0 Å². The van der Waals surface area contributed by atoms with Crippen molar-refractivity contribution in [2.45, 2.75) is 127 Å². The van der Waals surface area contributed by atoms with Gasteiger partial charge in [0.2, 0.25) is 0 Å². The highest BCUT2D eigenvalue weighted by Gasteiger charge is 2.49. The Hall–Kier alpha value is -5.04. The number of aryl methyl sites for hydroxylation is 4. The van der Waals surface area contributed by atoms with Gasteiger partial charge in [-0.2, -0.15) is 0 Å². The molecule has 0 aliphatic carbocycles. The average molecular weight is 1230 g/mol. The number of hydrogen-bond acceptors (Lipinski definition) is 24. The highest BCUT2D eigenvalue weighted by molar-refractivity contribution is 7.48. The lowest BCUT2D eigenvalue weighted by Gasteiger charge is -2.25. The first-order valence-corrected chi connectivity index (χ1v) is 30.0. The number of aromatic nitrogens is 8. The smallest absolute Gasteiger partial charge is 0.394 e. The van der Waals surface area contributed by atoms with E-state index in [1.54, 1.807) is 0 Å². The second kappa shape index (κ2) is 24.3. The van der Waals surface area contributed by atoms with Crippen molar-refractivity contribution in [2.24, 2.45) is 0 Å². The van der Waals surface area contributed by atoms with E-state index in [4.69, 9.17) is 50.6 Å². The molecule has 0 bridgehead atoms. The number of hydrogen-bond donors (Lipinski definition) is 10. The number of H-pyrrole nitrogens is 4. The Morgan fingerprint density at radius 2 is 0.667 bits per heavy atom. The number of aliphatic hydroxyl groups is 1. The second-order valence-electron chi connectivity index (χ2n) is 18.9. The largest absolute Gasteiger partial charge is 0.472 e. The molecule has 0 saturated carbocycles. The Bertz CT molecular complexity index is 3720. The van der Waals surface area contributed by atoms with Crippen LogP contribution in [0.1, 0.15) is 72.8 Å². The lowest BCUT2D eigenvalue weighted by molar-refractivity contribution is -0.0638. The summed E-state index contributed by atoms with van der Waals surface area (Å²) in [6.07, 6.45) is -15.8. The van der Waals surface area contributed by atoms with Crippen LogP contribution < -0.4 is 45.0 Å². The topological polar surface area (TPSA) is 511 Å². The molecule has 4 aromatic rings. The number of ether oxygens (including phenoxy) is 4. The lowest BCUT2D eigenvalue weighted by atomic mass is 10.2. The van der Waals surface area contributed by atoms with Crippen LogP contribution in [0.3, 0.4) is 0 Å². The summed E-state index contributed by atoms with van der Waals surface area (Å²) < 4.78 is 116.